The van der Waals surface area contributed by atoms with Gasteiger partial charge < -0.3 is 9.64 Å². The van der Waals surface area contributed by atoms with Gasteiger partial charge >= 0.3 is 5.97 Å². The SMILES string of the molecule is COC(=O)c1ccc(CC2CN(C)C2)cc1. The molecule has 0 aromatic heterocycles. The molecule has 0 unspecified atom stereocenters. The van der Waals surface area contributed by atoms with Crippen molar-refractivity contribution in [3.8, 4) is 0 Å². The molecule has 3 nitrogen and oxygen atoms in total. The lowest BCUT2D eigenvalue weighted by Crippen LogP contribution is -2.44. The van der Waals surface area contributed by atoms with Gasteiger partial charge in [0, 0.05) is 13.1 Å². The Morgan fingerprint density at radius 2 is 2.00 bits per heavy atom. The lowest BCUT2D eigenvalue weighted by Gasteiger charge is -2.36. The number of rotatable bonds is 3. The molecule has 0 spiro atoms. The van der Waals surface area contributed by atoms with E-state index >= 15 is 0 Å². The average molecular weight is 219 g/mol. The molecule has 1 fully saturated rings. The Morgan fingerprint density at radius 3 is 2.50 bits per heavy atom. The minimum Gasteiger partial charge on any atom is -0.465 e. The van der Waals surface area contributed by atoms with Crippen molar-refractivity contribution in [2.45, 2.75) is 6.42 Å². The number of carbonyl (C=O) groups is 1. The maximum absolute atomic E-state index is 11.2. The molecule has 0 N–H and O–H groups in total. The highest BCUT2D eigenvalue weighted by Gasteiger charge is 2.22. The molecule has 3 heteroatoms. The van der Waals surface area contributed by atoms with Crippen LogP contribution < -0.4 is 0 Å². The molecular weight excluding hydrogens is 202 g/mol. The lowest BCUT2D eigenvalue weighted by atomic mass is 9.92. The fourth-order valence-electron chi connectivity index (χ4n) is 2.19. The van der Waals surface area contributed by atoms with Crippen molar-refractivity contribution in [1.29, 1.82) is 0 Å². The van der Waals surface area contributed by atoms with Crippen LogP contribution in [0.1, 0.15) is 15.9 Å². The molecule has 0 saturated carbocycles. The molecule has 1 aliphatic heterocycles. The summed E-state index contributed by atoms with van der Waals surface area (Å²) in [6, 6.07) is 7.71. The Bertz CT molecular complexity index is 366. The highest BCUT2D eigenvalue weighted by molar-refractivity contribution is 5.89. The molecule has 0 amide bonds. The molecule has 0 bridgehead atoms. The first-order valence-corrected chi connectivity index (χ1v) is 5.55. The van der Waals surface area contributed by atoms with E-state index in [1.165, 1.54) is 25.8 Å². The van der Waals surface area contributed by atoms with E-state index in [9.17, 15) is 4.79 Å². The molecule has 1 aromatic rings. The molecule has 16 heavy (non-hydrogen) atoms. The number of esters is 1. The third-order valence-corrected chi connectivity index (χ3v) is 3.04. The molecule has 0 radical (unpaired) electrons. The summed E-state index contributed by atoms with van der Waals surface area (Å²) >= 11 is 0. The van der Waals surface area contributed by atoms with Crippen molar-refractivity contribution in [3.05, 3.63) is 35.4 Å². The summed E-state index contributed by atoms with van der Waals surface area (Å²) in [5.41, 5.74) is 1.92. The van der Waals surface area contributed by atoms with Gasteiger partial charge in [0.2, 0.25) is 0 Å². The van der Waals surface area contributed by atoms with Crippen LogP contribution in [-0.2, 0) is 11.2 Å². The van der Waals surface area contributed by atoms with Crippen LogP contribution in [0.3, 0.4) is 0 Å². The standard InChI is InChI=1S/C13H17NO2/c1-14-8-11(9-14)7-10-3-5-12(6-4-10)13(15)16-2/h3-6,11H,7-9H2,1-2H3. The normalized spacial score (nSPS) is 16.9. The zero-order chi connectivity index (χ0) is 11.5. The zero-order valence-corrected chi connectivity index (χ0v) is 9.77. The predicted octanol–water partition coefficient (Wildman–Crippen LogP) is 1.58. The third kappa shape index (κ3) is 2.42. The summed E-state index contributed by atoms with van der Waals surface area (Å²) < 4.78 is 4.66. The number of hydrogen-bond donors (Lipinski definition) is 0. The van der Waals surface area contributed by atoms with E-state index in [1.54, 1.807) is 0 Å². The quantitative estimate of drug-likeness (QED) is 0.723. The zero-order valence-electron chi connectivity index (χ0n) is 9.77. The van der Waals surface area contributed by atoms with E-state index in [4.69, 9.17) is 0 Å². The minimum absolute atomic E-state index is 0.269. The molecule has 86 valence electrons. The number of carbonyl (C=O) groups excluding carboxylic acids is 1. The maximum Gasteiger partial charge on any atom is 0.337 e. The highest BCUT2D eigenvalue weighted by atomic mass is 16.5. The number of hydrogen-bond acceptors (Lipinski definition) is 3. The summed E-state index contributed by atoms with van der Waals surface area (Å²) in [5.74, 6) is 0.504. The highest BCUT2D eigenvalue weighted by Crippen LogP contribution is 2.18. The Morgan fingerprint density at radius 1 is 1.38 bits per heavy atom. The van der Waals surface area contributed by atoms with Gasteiger partial charge in [0.05, 0.1) is 12.7 Å². The minimum atomic E-state index is -0.269. The third-order valence-electron chi connectivity index (χ3n) is 3.04. The van der Waals surface area contributed by atoms with Gasteiger partial charge in [-0.05, 0) is 37.1 Å². The van der Waals surface area contributed by atoms with Crippen molar-refractivity contribution in [1.82, 2.24) is 4.90 Å². The molecule has 1 aliphatic rings. The summed E-state index contributed by atoms with van der Waals surface area (Å²) in [7, 11) is 3.54. The smallest absolute Gasteiger partial charge is 0.337 e. The first-order chi connectivity index (χ1) is 7.69. The monoisotopic (exact) mass is 219 g/mol. The van der Waals surface area contributed by atoms with Crippen LogP contribution in [0.15, 0.2) is 24.3 Å². The Hall–Kier alpha value is -1.35. The number of nitrogens with zero attached hydrogens (tertiary/aromatic N) is 1. The number of likely N-dealkylation sites (tertiary alicyclic amines) is 1. The molecule has 0 atom stereocenters. The van der Waals surface area contributed by atoms with Crippen molar-refractivity contribution in [3.63, 3.8) is 0 Å². The molecule has 1 saturated heterocycles. The molecular formula is C13H17NO2. The van der Waals surface area contributed by atoms with Gasteiger partial charge in [0.25, 0.3) is 0 Å². The van der Waals surface area contributed by atoms with Crippen LogP contribution in [0.25, 0.3) is 0 Å². The largest absolute Gasteiger partial charge is 0.465 e. The van der Waals surface area contributed by atoms with Crippen LogP contribution in [-0.4, -0.2) is 38.1 Å². The van der Waals surface area contributed by atoms with Gasteiger partial charge in [-0.3, -0.25) is 0 Å². The van der Waals surface area contributed by atoms with Crippen molar-refractivity contribution < 1.29 is 9.53 Å². The first kappa shape index (κ1) is 11.1. The van der Waals surface area contributed by atoms with Gasteiger partial charge in [-0.25, -0.2) is 4.79 Å². The van der Waals surface area contributed by atoms with Gasteiger partial charge in [-0.2, -0.15) is 0 Å². The van der Waals surface area contributed by atoms with Crippen LogP contribution in [0, 0.1) is 5.92 Å². The van der Waals surface area contributed by atoms with E-state index < -0.39 is 0 Å². The van der Waals surface area contributed by atoms with Gasteiger partial charge in [-0.1, -0.05) is 12.1 Å². The van der Waals surface area contributed by atoms with Crippen molar-refractivity contribution >= 4 is 5.97 Å². The lowest BCUT2D eigenvalue weighted by molar-refractivity contribution is 0.0600. The Kier molecular flexibility index (Phi) is 3.25. The van der Waals surface area contributed by atoms with E-state index in [2.05, 4.69) is 16.7 Å². The van der Waals surface area contributed by atoms with Crippen LogP contribution in [0.4, 0.5) is 0 Å². The van der Waals surface area contributed by atoms with Crippen LogP contribution >= 0.6 is 0 Å². The second kappa shape index (κ2) is 4.66. The Labute approximate surface area is 96.0 Å². The fraction of sp³-hybridized carbons (Fsp3) is 0.462. The number of methoxy groups -OCH3 is 1. The summed E-state index contributed by atoms with van der Waals surface area (Å²) in [5, 5.41) is 0. The van der Waals surface area contributed by atoms with Crippen molar-refractivity contribution in [2.24, 2.45) is 5.92 Å². The van der Waals surface area contributed by atoms with E-state index in [1.807, 2.05) is 24.3 Å². The average Bonchev–Trinajstić information content (AvgIpc) is 2.27. The molecule has 1 heterocycles. The molecule has 2 rings (SSSR count). The number of ether oxygens (including phenoxy) is 1. The van der Waals surface area contributed by atoms with Gasteiger partial charge in [-0.15, -0.1) is 0 Å². The summed E-state index contributed by atoms with van der Waals surface area (Å²) in [6.45, 7) is 2.36. The van der Waals surface area contributed by atoms with Gasteiger partial charge in [0.1, 0.15) is 0 Å². The first-order valence-electron chi connectivity index (χ1n) is 5.55. The van der Waals surface area contributed by atoms with Crippen LogP contribution in [0.2, 0.25) is 0 Å². The topological polar surface area (TPSA) is 29.5 Å². The van der Waals surface area contributed by atoms with Crippen molar-refractivity contribution in [2.75, 3.05) is 27.2 Å². The predicted molar refractivity (Wildman–Crippen MR) is 62.5 cm³/mol. The Balaban J connectivity index is 1.94. The number of benzene rings is 1. The maximum atomic E-state index is 11.2. The van der Waals surface area contributed by atoms with Gasteiger partial charge in [0.15, 0.2) is 0 Å². The molecule has 0 aliphatic carbocycles. The summed E-state index contributed by atoms with van der Waals surface area (Å²) in [6.07, 6.45) is 1.10. The van der Waals surface area contributed by atoms with E-state index in [-0.39, 0.29) is 5.97 Å². The second-order valence-electron chi connectivity index (χ2n) is 4.48. The second-order valence-corrected chi connectivity index (χ2v) is 4.48. The van der Waals surface area contributed by atoms with E-state index in [0.717, 1.165) is 12.3 Å². The molecule has 1 aromatic carbocycles. The van der Waals surface area contributed by atoms with Crippen LogP contribution in [0.5, 0.6) is 0 Å². The summed E-state index contributed by atoms with van der Waals surface area (Å²) in [4.78, 5) is 13.5. The fourth-order valence-corrected chi connectivity index (χ4v) is 2.19. The van der Waals surface area contributed by atoms with E-state index in [0.29, 0.717) is 5.56 Å².